The van der Waals surface area contributed by atoms with Crippen LogP contribution in [0.2, 0.25) is 0 Å². The van der Waals surface area contributed by atoms with E-state index in [9.17, 15) is 0 Å². The lowest BCUT2D eigenvalue weighted by Crippen LogP contribution is -2.00. The molecule has 4 aromatic rings. The average Bonchev–Trinajstić information content (AvgIpc) is 2.69. The molecule has 0 aliphatic heterocycles. The van der Waals surface area contributed by atoms with Crippen molar-refractivity contribution in [1.82, 2.24) is 15.0 Å². The third-order valence-electron chi connectivity index (χ3n) is 3.68. The Morgan fingerprint density at radius 1 is 0.800 bits per heavy atom. The van der Waals surface area contributed by atoms with Crippen LogP contribution in [0.15, 0.2) is 84.1 Å². The molecule has 0 saturated heterocycles. The summed E-state index contributed by atoms with van der Waals surface area (Å²) in [4.78, 5) is 13.5. The van der Waals surface area contributed by atoms with Crippen LogP contribution in [0.25, 0.3) is 22.4 Å². The largest absolute Gasteiger partial charge is 0.261 e. The summed E-state index contributed by atoms with van der Waals surface area (Å²) in [6, 6.07) is 23.4. The Morgan fingerprint density at radius 3 is 2.44 bits per heavy atom. The molecule has 1 N–H and O–H groups in total. The van der Waals surface area contributed by atoms with E-state index in [0.717, 1.165) is 22.2 Å². The Balaban J connectivity index is 1.73. The molecule has 2 heterocycles. The highest BCUT2D eigenvalue weighted by atomic mass is 15.3. The molecule has 5 heteroatoms. The lowest BCUT2D eigenvalue weighted by atomic mass is 10.2. The zero-order valence-corrected chi connectivity index (χ0v) is 13.4. The number of para-hydroxylation sites is 1. The third kappa shape index (κ3) is 3.35. The van der Waals surface area contributed by atoms with E-state index in [1.807, 2.05) is 72.8 Å². The zero-order valence-electron chi connectivity index (χ0n) is 13.4. The van der Waals surface area contributed by atoms with Crippen molar-refractivity contribution in [2.75, 3.05) is 5.43 Å². The number of pyridine rings is 1. The topological polar surface area (TPSA) is 63.1 Å². The van der Waals surface area contributed by atoms with Crippen molar-refractivity contribution in [3.05, 3.63) is 84.6 Å². The Kier molecular flexibility index (Phi) is 4.12. The highest BCUT2D eigenvalue weighted by Gasteiger charge is 2.09. The lowest BCUT2D eigenvalue weighted by molar-refractivity contribution is 1.15. The number of fused-ring (bicyclic) bond motifs is 1. The molecule has 4 rings (SSSR count). The van der Waals surface area contributed by atoms with Gasteiger partial charge in [0.25, 0.3) is 0 Å². The van der Waals surface area contributed by atoms with Crippen LogP contribution < -0.4 is 5.43 Å². The summed E-state index contributed by atoms with van der Waals surface area (Å²) in [6.07, 6.45) is 3.49. The summed E-state index contributed by atoms with van der Waals surface area (Å²) < 4.78 is 0. The molecule has 0 atom stereocenters. The molecule has 0 aliphatic rings. The van der Waals surface area contributed by atoms with E-state index in [-0.39, 0.29) is 0 Å². The van der Waals surface area contributed by atoms with E-state index in [1.165, 1.54) is 0 Å². The van der Waals surface area contributed by atoms with Gasteiger partial charge in [0.05, 0.1) is 11.7 Å². The molecule has 0 spiro atoms. The second kappa shape index (κ2) is 6.88. The standard InChI is InChI=1S/C20H15N5/c1-2-8-15(9-3-1)14-22-25-19-16-10-4-5-11-17(16)23-20(24-19)18-12-6-7-13-21-18/h1-14H,(H,23,24,25)/b22-14+. The Labute approximate surface area is 145 Å². The van der Waals surface area contributed by atoms with Gasteiger partial charge in [-0.1, -0.05) is 48.5 Å². The van der Waals surface area contributed by atoms with E-state index in [2.05, 4.69) is 25.5 Å². The van der Waals surface area contributed by atoms with E-state index >= 15 is 0 Å². The summed E-state index contributed by atoms with van der Waals surface area (Å²) in [5.41, 5.74) is 5.62. The van der Waals surface area contributed by atoms with Gasteiger partial charge in [0, 0.05) is 11.6 Å². The van der Waals surface area contributed by atoms with Crippen molar-refractivity contribution >= 4 is 22.9 Å². The van der Waals surface area contributed by atoms with Crippen molar-refractivity contribution in [3.63, 3.8) is 0 Å². The number of nitrogens with one attached hydrogen (secondary N) is 1. The normalized spacial score (nSPS) is 11.0. The minimum atomic E-state index is 0.566. The maximum absolute atomic E-state index is 4.61. The fourth-order valence-electron chi connectivity index (χ4n) is 2.48. The third-order valence-corrected chi connectivity index (χ3v) is 3.68. The fraction of sp³-hybridized carbons (Fsp3) is 0. The van der Waals surface area contributed by atoms with Crippen molar-refractivity contribution in [2.45, 2.75) is 0 Å². The molecule has 25 heavy (non-hydrogen) atoms. The quantitative estimate of drug-likeness (QED) is 0.452. The number of hydrogen-bond acceptors (Lipinski definition) is 5. The van der Waals surface area contributed by atoms with Crippen molar-refractivity contribution < 1.29 is 0 Å². The Morgan fingerprint density at radius 2 is 1.60 bits per heavy atom. The summed E-state index contributed by atoms with van der Waals surface area (Å²) in [5, 5.41) is 5.22. The molecule has 2 aromatic heterocycles. The number of benzene rings is 2. The van der Waals surface area contributed by atoms with Crippen LogP contribution in [0.3, 0.4) is 0 Å². The average molecular weight is 325 g/mol. The minimum Gasteiger partial charge on any atom is -0.261 e. The highest BCUT2D eigenvalue weighted by Crippen LogP contribution is 2.23. The number of aromatic nitrogens is 3. The zero-order chi connectivity index (χ0) is 16.9. The van der Waals surface area contributed by atoms with Crippen LogP contribution in [0, 0.1) is 0 Å². The predicted molar refractivity (Wildman–Crippen MR) is 100 cm³/mol. The number of hydrazone groups is 1. The summed E-state index contributed by atoms with van der Waals surface area (Å²) in [7, 11) is 0. The van der Waals surface area contributed by atoms with Gasteiger partial charge in [0.2, 0.25) is 0 Å². The first-order valence-electron chi connectivity index (χ1n) is 7.92. The van der Waals surface area contributed by atoms with Gasteiger partial charge in [-0.25, -0.2) is 9.97 Å². The van der Waals surface area contributed by atoms with Crippen molar-refractivity contribution in [3.8, 4) is 11.5 Å². The summed E-state index contributed by atoms with van der Waals surface area (Å²) >= 11 is 0. The van der Waals surface area contributed by atoms with Gasteiger partial charge in [0.15, 0.2) is 11.6 Å². The molecule has 0 fully saturated rings. The van der Waals surface area contributed by atoms with Crippen LogP contribution >= 0.6 is 0 Å². The van der Waals surface area contributed by atoms with E-state index in [1.54, 1.807) is 12.4 Å². The minimum absolute atomic E-state index is 0.566. The monoisotopic (exact) mass is 325 g/mol. The number of anilines is 1. The molecule has 0 saturated carbocycles. The first kappa shape index (κ1) is 15.0. The van der Waals surface area contributed by atoms with E-state index < -0.39 is 0 Å². The Bertz CT molecular complexity index is 1010. The molecule has 0 radical (unpaired) electrons. The van der Waals surface area contributed by atoms with Crippen LogP contribution in [0.5, 0.6) is 0 Å². The first-order valence-corrected chi connectivity index (χ1v) is 7.92. The summed E-state index contributed by atoms with van der Waals surface area (Å²) in [5.74, 6) is 1.22. The predicted octanol–water partition coefficient (Wildman–Crippen LogP) is 4.14. The molecule has 5 nitrogen and oxygen atoms in total. The van der Waals surface area contributed by atoms with E-state index in [4.69, 9.17) is 0 Å². The van der Waals surface area contributed by atoms with E-state index in [0.29, 0.717) is 11.6 Å². The smallest absolute Gasteiger partial charge is 0.180 e. The molecule has 2 aromatic carbocycles. The molecular weight excluding hydrogens is 310 g/mol. The Hall–Kier alpha value is -3.60. The molecule has 0 aliphatic carbocycles. The SMILES string of the molecule is C(=N\Nc1nc(-c2ccccn2)nc2ccccc12)/c1ccccc1. The fourth-order valence-corrected chi connectivity index (χ4v) is 2.48. The van der Waals surface area contributed by atoms with Crippen molar-refractivity contribution in [2.24, 2.45) is 5.10 Å². The second-order valence-electron chi connectivity index (χ2n) is 5.41. The van der Waals surface area contributed by atoms with Crippen LogP contribution in [-0.4, -0.2) is 21.2 Å². The van der Waals surface area contributed by atoms with Gasteiger partial charge < -0.3 is 0 Å². The van der Waals surface area contributed by atoms with Gasteiger partial charge >= 0.3 is 0 Å². The molecule has 120 valence electrons. The summed E-state index contributed by atoms with van der Waals surface area (Å²) in [6.45, 7) is 0. The first-order chi connectivity index (χ1) is 12.4. The number of nitrogens with zero attached hydrogens (tertiary/aromatic N) is 4. The molecule has 0 amide bonds. The van der Waals surface area contributed by atoms with Gasteiger partial charge in [-0.3, -0.25) is 10.4 Å². The van der Waals surface area contributed by atoms with Gasteiger partial charge in [-0.15, -0.1) is 0 Å². The second-order valence-corrected chi connectivity index (χ2v) is 5.41. The van der Waals surface area contributed by atoms with Crippen LogP contribution in [0.4, 0.5) is 5.82 Å². The molecule has 0 unspecified atom stereocenters. The lowest BCUT2D eigenvalue weighted by Gasteiger charge is -2.07. The van der Waals surface area contributed by atoms with Gasteiger partial charge in [0.1, 0.15) is 5.69 Å². The number of rotatable bonds is 4. The molecular formula is C20H15N5. The van der Waals surface area contributed by atoms with Crippen molar-refractivity contribution in [1.29, 1.82) is 0 Å². The van der Waals surface area contributed by atoms with Gasteiger partial charge in [-0.2, -0.15) is 5.10 Å². The van der Waals surface area contributed by atoms with Crippen LogP contribution in [0.1, 0.15) is 5.56 Å². The number of hydrogen-bond donors (Lipinski definition) is 1. The maximum Gasteiger partial charge on any atom is 0.180 e. The maximum atomic E-state index is 4.61. The van der Waals surface area contributed by atoms with Crippen LogP contribution in [-0.2, 0) is 0 Å². The molecule has 0 bridgehead atoms. The van der Waals surface area contributed by atoms with Gasteiger partial charge in [-0.05, 0) is 29.8 Å². The highest BCUT2D eigenvalue weighted by molar-refractivity contribution is 5.91.